The number of carbonyl (C=O) groups excluding carboxylic acids is 1. The summed E-state index contributed by atoms with van der Waals surface area (Å²) >= 11 is 6.75. The lowest BCUT2D eigenvalue weighted by Gasteiger charge is -2.12. The van der Waals surface area contributed by atoms with Gasteiger partial charge >= 0.3 is 0 Å². The molecule has 1 amide bonds. The van der Waals surface area contributed by atoms with Crippen LogP contribution in [-0.4, -0.2) is 12.5 Å². The van der Waals surface area contributed by atoms with Gasteiger partial charge in [0.05, 0.1) is 0 Å². The summed E-state index contributed by atoms with van der Waals surface area (Å²) in [5.41, 5.74) is 7.80. The molecule has 3 nitrogen and oxygen atoms in total. The molecule has 2 rings (SSSR count). The third-order valence-electron chi connectivity index (χ3n) is 3.09. The minimum absolute atomic E-state index is 0.0688. The first-order valence-corrected chi connectivity index (χ1v) is 8.19. The minimum Gasteiger partial charge on any atom is -0.352 e. The summed E-state index contributed by atoms with van der Waals surface area (Å²) in [6.45, 7) is 0.541. The van der Waals surface area contributed by atoms with Gasteiger partial charge in [-0.25, -0.2) is 0 Å². The van der Waals surface area contributed by atoms with Crippen molar-refractivity contribution in [3.63, 3.8) is 0 Å². The van der Waals surface area contributed by atoms with E-state index in [0.717, 1.165) is 14.5 Å². The molecule has 0 aromatic heterocycles. The lowest BCUT2D eigenvalue weighted by molar-refractivity contribution is 0.0952. The van der Waals surface area contributed by atoms with Crippen LogP contribution in [0.15, 0.2) is 57.5 Å². The van der Waals surface area contributed by atoms with Gasteiger partial charge in [0.2, 0.25) is 0 Å². The Bertz CT molecular complexity index is 597. The Hall–Kier alpha value is -1.17. The molecular formula is C16H16Br2N2O. The van der Waals surface area contributed by atoms with Crippen molar-refractivity contribution in [1.82, 2.24) is 5.32 Å². The number of hydrogen-bond donors (Lipinski definition) is 2. The molecule has 1 atom stereocenters. The molecule has 2 aromatic rings. The first-order chi connectivity index (χ1) is 10.1. The lowest BCUT2D eigenvalue weighted by Crippen LogP contribution is -2.27. The Morgan fingerprint density at radius 3 is 2.33 bits per heavy atom. The fourth-order valence-electron chi connectivity index (χ4n) is 2.00. The topological polar surface area (TPSA) is 55.1 Å². The molecule has 0 heterocycles. The van der Waals surface area contributed by atoms with Crippen molar-refractivity contribution in [1.29, 1.82) is 0 Å². The first kappa shape index (κ1) is 16.2. The van der Waals surface area contributed by atoms with E-state index in [1.54, 1.807) is 12.1 Å². The molecule has 0 saturated carbocycles. The zero-order chi connectivity index (χ0) is 15.2. The fourth-order valence-corrected chi connectivity index (χ4v) is 3.29. The zero-order valence-corrected chi connectivity index (χ0v) is 14.5. The molecule has 1 unspecified atom stereocenters. The number of rotatable bonds is 5. The van der Waals surface area contributed by atoms with E-state index < -0.39 is 0 Å². The average molecular weight is 412 g/mol. The SMILES string of the molecule is NC(CCNC(=O)c1cc(Br)cc(Br)c1)c1ccccc1. The van der Waals surface area contributed by atoms with Crippen LogP contribution in [0.5, 0.6) is 0 Å². The van der Waals surface area contributed by atoms with E-state index in [1.165, 1.54) is 0 Å². The van der Waals surface area contributed by atoms with Crippen LogP contribution in [0.3, 0.4) is 0 Å². The van der Waals surface area contributed by atoms with Gasteiger partial charge in [0.1, 0.15) is 0 Å². The Morgan fingerprint density at radius 1 is 1.10 bits per heavy atom. The third kappa shape index (κ3) is 4.95. The predicted molar refractivity (Wildman–Crippen MR) is 92.2 cm³/mol. The van der Waals surface area contributed by atoms with E-state index in [4.69, 9.17) is 5.73 Å². The highest BCUT2D eigenvalue weighted by Crippen LogP contribution is 2.20. The smallest absolute Gasteiger partial charge is 0.251 e. The monoisotopic (exact) mass is 410 g/mol. The van der Waals surface area contributed by atoms with Crippen LogP contribution >= 0.6 is 31.9 Å². The van der Waals surface area contributed by atoms with Gasteiger partial charge in [-0.2, -0.15) is 0 Å². The van der Waals surface area contributed by atoms with Crippen LogP contribution in [0.2, 0.25) is 0 Å². The molecule has 0 radical (unpaired) electrons. The average Bonchev–Trinajstić information content (AvgIpc) is 2.47. The van der Waals surface area contributed by atoms with Gasteiger partial charge in [-0.1, -0.05) is 62.2 Å². The van der Waals surface area contributed by atoms with E-state index in [2.05, 4.69) is 37.2 Å². The summed E-state index contributed by atoms with van der Waals surface area (Å²) in [5, 5.41) is 2.89. The normalized spacial score (nSPS) is 12.0. The molecule has 0 spiro atoms. The summed E-state index contributed by atoms with van der Waals surface area (Å²) in [7, 11) is 0. The Morgan fingerprint density at radius 2 is 1.71 bits per heavy atom. The molecule has 110 valence electrons. The third-order valence-corrected chi connectivity index (χ3v) is 4.01. The molecule has 3 N–H and O–H groups in total. The van der Waals surface area contributed by atoms with Crippen molar-refractivity contribution < 1.29 is 4.79 Å². The van der Waals surface area contributed by atoms with Crippen molar-refractivity contribution >= 4 is 37.8 Å². The molecule has 0 saturated heterocycles. The summed E-state index contributed by atoms with van der Waals surface area (Å²) in [6, 6.07) is 15.3. The number of nitrogens with one attached hydrogen (secondary N) is 1. The second-order valence-electron chi connectivity index (χ2n) is 4.72. The Labute approximate surface area is 141 Å². The number of amides is 1. The number of benzene rings is 2. The maximum absolute atomic E-state index is 12.1. The van der Waals surface area contributed by atoms with Crippen LogP contribution in [0, 0.1) is 0 Å². The molecule has 5 heteroatoms. The fraction of sp³-hybridized carbons (Fsp3) is 0.188. The molecular weight excluding hydrogens is 396 g/mol. The van der Waals surface area contributed by atoms with Crippen LogP contribution < -0.4 is 11.1 Å². The van der Waals surface area contributed by atoms with Crippen LogP contribution in [0.1, 0.15) is 28.4 Å². The number of halogens is 2. The van der Waals surface area contributed by atoms with Gasteiger partial charge in [-0.15, -0.1) is 0 Å². The maximum Gasteiger partial charge on any atom is 0.251 e. The predicted octanol–water partition coefficient (Wildman–Crippen LogP) is 4.03. The minimum atomic E-state index is -0.0998. The van der Waals surface area contributed by atoms with Crippen LogP contribution in [0.4, 0.5) is 0 Å². The van der Waals surface area contributed by atoms with Crippen LogP contribution in [-0.2, 0) is 0 Å². The van der Waals surface area contributed by atoms with Gasteiger partial charge in [0.25, 0.3) is 5.91 Å². The number of hydrogen-bond acceptors (Lipinski definition) is 2. The van der Waals surface area contributed by atoms with Gasteiger partial charge in [0.15, 0.2) is 0 Å². The second-order valence-corrected chi connectivity index (χ2v) is 6.55. The highest BCUT2D eigenvalue weighted by atomic mass is 79.9. The standard InChI is InChI=1S/C16H16Br2N2O/c17-13-8-12(9-14(18)10-13)16(21)20-7-6-15(19)11-4-2-1-3-5-11/h1-5,8-10,15H,6-7,19H2,(H,20,21). The van der Waals surface area contributed by atoms with Crippen molar-refractivity contribution in [3.8, 4) is 0 Å². The highest BCUT2D eigenvalue weighted by molar-refractivity contribution is 9.11. The summed E-state index contributed by atoms with van der Waals surface area (Å²) in [4.78, 5) is 12.1. The first-order valence-electron chi connectivity index (χ1n) is 6.61. The number of nitrogens with two attached hydrogens (primary N) is 1. The quantitative estimate of drug-likeness (QED) is 0.780. The van der Waals surface area contributed by atoms with Gasteiger partial charge < -0.3 is 11.1 Å². The van der Waals surface area contributed by atoms with E-state index in [1.807, 2.05) is 36.4 Å². The van der Waals surface area contributed by atoms with E-state index in [9.17, 15) is 4.79 Å². The van der Waals surface area contributed by atoms with Crippen molar-refractivity contribution in [2.45, 2.75) is 12.5 Å². The maximum atomic E-state index is 12.1. The molecule has 2 aromatic carbocycles. The Kier molecular flexibility index (Phi) is 5.96. The molecule has 0 fully saturated rings. The van der Waals surface area contributed by atoms with Crippen molar-refractivity contribution in [2.24, 2.45) is 5.73 Å². The summed E-state index contributed by atoms with van der Waals surface area (Å²) in [5.74, 6) is -0.0998. The zero-order valence-electron chi connectivity index (χ0n) is 11.4. The molecule has 0 aliphatic rings. The van der Waals surface area contributed by atoms with Crippen LogP contribution in [0.25, 0.3) is 0 Å². The van der Waals surface area contributed by atoms with Gasteiger partial charge in [-0.05, 0) is 30.2 Å². The van der Waals surface area contributed by atoms with Crippen molar-refractivity contribution in [3.05, 3.63) is 68.6 Å². The highest BCUT2D eigenvalue weighted by Gasteiger charge is 2.09. The largest absolute Gasteiger partial charge is 0.352 e. The summed E-state index contributed by atoms with van der Waals surface area (Å²) < 4.78 is 1.73. The summed E-state index contributed by atoms with van der Waals surface area (Å²) in [6.07, 6.45) is 0.699. The van der Waals surface area contributed by atoms with E-state index in [-0.39, 0.29) is 11.9 Å². The Balaban J connectivity index is 1.87. The van der Waals surface area contributed by atoms with E-state index >= 15 is 0 Å². The molecule has 21 heavy (non-hydrogen) atoms. The van der Waals surface area contributed by atoms with E-state index in [0.29, 0.717) is 18.5 Å². The van der Waals surface area contributed by atoms with Gasteiger partial charge in [0, 0.05) is 27.1 Å². The lowest BCUT2D eigenvalue weighted by atomic mass is 10.1. The molecule has 0 aliphatic carbocycles. The second kappa shape index (κ2) is 7.73. The molecule has 0 bridgehead atoms. The van der Waals surface area contributed by atoms with Gasteiger partial charge in [-0.3, -0.25) is 4.79 Å². The molecule has 0 aliphatic heterocycles. The number of carbonyl (C=O) groups is 1. The van der Waals surface area contributed by atoms with Crippen molar-refractivity contribution in [2.75, 3.05) is 6.54 Å².